The third kappa shape index (κ3) is 2.14. The van der Waals surface area contributed by atoms with Gasteiger partial charge in [-0.3, -0.25) is 9.55 Å². The number of rotatable bonds is 3. The van der Waals surface area contributed by atoms with E-state index in [1.165, 1.54) is 0 Å². The van der Waals surface area contributed by atoms with Crippen LogP contribution >= 0.6 is 15.9 Å². The molecular weight excluding hydrogens is 322 g/mol. The van der Waals surface area contributed by atoms with Crippen LogP contribution in [0.25, 0.3) is 21.9 Å². The van der Waals surface area contributed by atoms with E-state index in [0.29, 0.717) is 6.54 Å². The van der Waals surface area contributed by atoms with Crippen molar-refractivity contribution in [3.63, 3.8) is 0 Å². The third-order valence-corrected chi connectivity index (χ3v) is 3.89. The van der Waals surface area contributed by atoms with Gasteiger partial charge < -0.3 is 9.72 Å². The first kappa shape index (κ1) is 13.3. The summed E-state index contributed by atoms with van der Waals surface area (Å²) in [6, 6.07) is 5.85. The van der Waals surface area contributed by atoms with E-state index in [4.69, 9.17) is 4.74 Å². The van der Waals surface area contributed by atoms with Crippen LogP contribution in [0.2, 0.25) is 0 Å². The largest absolute Gasteiger partial charge is 0.380 e. The molecule has 1 aromatic carbocycles. The molecule has 0 radical (unpaired) electrons. The predicted molar refractivity (Wildman–Crippen MR) is 82.0 cm³/mol. The van der Waals surface area contributed by atoms with Crippen molar-refractivity contribution in [3.05, 3.63) is 39.4 Å². The van der Waals surface area contributed by atoms with Gasteiger partial charge in [0, 0.05) is 17.0 Å². The zero-order valence-corrected chi connectivity index (χ0v) is 12.8. The smallest absolute Gasteiger partial charge is 0.326 e. The van der Waals surface area contributed by atoms with Gasteiger partial charge in [0.2, 0.25) is 0 Å². The maximum Gasteiger partial charge on any atom is 0.326 e. The van der Waals surface area contributed by atoms with Crippen LogP contribution in [-0.2, 0) is 11.3 Å². The molecule has 0 fully saturated rings. The molecule has 2 heterocycles. The molecule has 1 atom stereocenters. The Morgan fingerprint density at radius 2 is 2.30 bits per heavy atom. The fourth-order valence-electron chi connectivity index (χ4n) is 2.32. The lowest BCUT2D eigenvalue weighted by molar-refractivity contribution is 0.103. The Morgan fingerprint density at radius 3 is 3.05 bits per heavy atom. The molecule has 6 heteroatoms. The number of halogens is 1. The van der Waals surface area contributed by atoms with Gasteiger partial charge in [0.1, 0.15) is 0 Å². The number of nitrogens with one attached hydrogen (secondary N) is 1. The summed E-state index contributed by atoms with van der Waals surface area (Å²) in [4.78, 5) is 19.3. The van der Waals surface area contributed by atoms with E-state index < -0.39 is 0 Å². The fourth-order valence-corrected chi connectivity index (χ4v) is 2.68. The lowest BCUT2D eigenvalue weighted by Gasteiger charge is -2.11. The monoisotopic (exact) mass is 335 g/mol. The van der Waals surface area contributed by atoms with Crippen LogP contribution in [0, 0.1) is 0 Å². The summed E-state index contributed by atoms with van der Waals surface area (Å²) in [5, 5.41) is 0.943. The number of nitrogens with zero attached hydrogens (tertiary/aromatic N) is 2. The molecule has 0 saturated heterocycles. The van der Waals surface area contributed by atoms with Crippen LogP contribution in [0.15, 0.2) is 33.7 Å². The van der Waals surface area contributed by atoms with Crippen molar-refractivity contribution in [1.29, 1.82) is 0 Å². The molecule has 104 valence electrons. The number of hydrogen-bond donors (Lipinski definition) is 1. The van der Waals surface area contributed by atoms with Crippen LogP contribution in [0.4, 0.5) is 0 Å². The van der Waals surface area contributed by atoms with Crippen molar-refractivity contribution in [1.82, 2.24) is 14.5 Å². The molecule has 20 heavy (non-hydrogen) atoms. The van der Waals surface area contributed by atoms with Crippen molar-refractivity contribution < 1.29 is 4.74 Å². The van der Waals surface area contributed by atoms with Gasteiger partial charge in [0.25, 0.3) is 0 Å². The average molecular weight is 336 g/mol. The minimum atomic E-state index is -0.141. The van der Waals surface area contributed by atoms with Gasteiger partial charge >= 0.3 is 5.69 Å². The van der Waals surface area contributed by atoms with Crippen LogP contribution in [0.3, 0.4) is 0 Å². The number of pyridine rings is 1. The number of aromatic amines is 1. The number of fused-ring (bicyclic) bond motifs is 3. The first-order valence-corrected chi connectivity index (χ1v) is 7.09. The van der Waals surface area contributed by atoms with Gasteiger partial charge in [-0.25, -0.2) is 4.79 Å². The Balaban J connectivity index is 2.35. The third-order valence-electron chi connectivity index (χ3n) is 3.40. The SMILES string of the molecule is COC(C)Cn1c(=O)[nH]c2cnc3ccc(Br)cc3c21. The molecule has 0 aliphatic rings. The first-order valence-electron chi connectivity index (χ1n) is 6.29. The zero-order chi connectivity index (χ0) is 14.3. The summed E-state index contributed by atoms with van der Waals surface area (Å²) in [5.74, 6) is 0. The fraction of sp³-hybridized carbons (Fsp3) is 0.286. The van der Waals surface area contributed by atoms with E-state index in [2.05, 4.69) is 25.9 Å². The number of H-pyrrole nitrogens is 1. The molecular formula is C14H14BrN3O2. The standard InChI is InChI=1S/C14H14BrN3O2/c1-8(20-2)7-18-13-10-5-9(15)3-4-11(10)16-6-12(13)17-14(18)19/h3-6,8H,7H2,1-2H3,(H,17,19). The van der Waals surface area contributed by atoms with E-state index in [9.17, 15) is 4.79 Å². The highest BCUT2D eigenvalue weighted by molar-refractivity contribution is 9.10. The molecule has 0 amide bonds. The van der Waals surface area contributed by atoms with Crippen LogP contribution in [0.5, 0.6) is 0 Å². The molecule has 2 aromatic heterocycles. The van der Waals surface area contributed by atoms with E-state index in [1.54, 1.807) is 17.9 Å². The molecule has 1 N–H and O–H groups in total. The van der Waals surface area contributed by atoms with Gasteiger partial charge in [0.05, 0.1) is 35.4 Å². The van der Waals surface area contributed by atoms with Gasteiger partial charge in [-0.05, 0) is 25.1 Å². The topological polar surface area (TPSA) is 59.9 Å². The second kappa shape index (κ2) is 5.03. The van der Waals surface area contributed by atoms with E-state index in [0.717, 1.165) is 26.4 Å². The van der Waals surface area contributed by atoms with Gasteiger partial charge in [-0.15, -0.1) is 0 Å². The highest BCUT2D eigenvalue weighted by Crippen LogP contribution is 2.25. The van der Waals surface area contributed by atoms with E-state index >= 15 is 0 Å². The second-order valence-electron chi connectivity index (χ2n) is 4.77. The summed E-state index contributed by atoms with van der Waals surface area (Å²) in [7, 11) is 1.64. The average Bonchev–Trinajstić information content (AvgIpc) is 2.75. The van der Waals surface area contributed by atoms with Gasteiger partial charge in [-0.2, -0.15) is 0 Å². The lowest BCUT2D eigenvalue weighted by atomic mass is 10.2. The number of hydrogen-bond acceptors (Lipinski definition) is 3. The maximum atomic E-state index is 12.1. The van der Waals surface area contributed by atoms with Crippen molar-refractivity contribution in [2.45, 2.75) is 19.6 Å². The van der Waals surface area contributed by atoms with Crippen LogP contribution in [-0.4, -0.2) is 27.7 Å². The summed E-state index contributed by atoms with van der Waals surface area (Å²) in [5.41, 5.74) is 2.32. The maximum absolute atomic E-state index is 12.1. The Hall–Kier alpha value is -1.66. The molecule has 0 aliphatic carbocycles. The molecule has 0 bridgehead atoms. The summed E-state index contributed by atoms with van der Waals surface area (Å²) < 4.78 is 7.93. The molecule has 0 aliphatic heterocycles. The zero-order valence-electron chi connectivity index (χ0n) is 11.2. The number of methoxy groups -OCH3 is 1. The first-order chi connectivity index (χ1) is 9.60. The van der Waals surface area contributed by atoms with Crippen LogP contribution < -0.4 is 5.69 Å². The molecule has 0 saturated carbocycles. The molecule has 5 nitrogen and oxygen atoms in total. The Kier molecular flexibility index (Phi) is 3.35. The van der Waals surface area contributed by atoms with E-state index in [1.807, 2.05) is 25.1 Å². The quantitative estimate of drug-likeness (QED) is 0.800. The molecule has 0 spiro atoms. The van der Waals surface area contributed by atoms with Crippen LogP contribution in [0.1, 0.15) is 6.92 Å². The van der Waals surface area contributed by atoms with Gasteiger partial charge in [-0.1, -0.05) is 15.9 Å². The highest BCUT2D eigenvalue weighted by Gasteiger charge is 2.13. The summed E-state index contributed by atoms with van der Waals surface area (Å²) in [6.45, 7) is 2.44. The Bertz CT molecular complexity index is 837. The minimum absolute atomic E-state index is 0.0398. The molecule has 3 aromatic rings. The van der Waals surface area contributed by atoms with E-state index in [-0.39, 0.29) is 11.8 Å². The Labute approximate surface area is 123 Å². The Morgan fingerprint density at radius 1 is 1.50 bits per heavy atom. The summed E-state index contributed by atoms with van der Waals surface area (Å²) in [6.07, 6.45) is 1.66. The van der Waals surface area contributed by atoms with Gasteiger partial charge in [0.15, 0.2) is 0 Å². The lowest BCUT2D eigenvalue weighted by Crippen LogP contribution is -2.24. The number of imidazole rings is 1. The normalized spacial score (nSPS) is 13.2. The number of aromatic nitrogens is 3. The van der Waals surface area contributed by atoms with Crippen molar-refractivity contribution in [2.75, 3.05) is 7.11 Å². The summed E-state index contributed by atoms with van der Waals surface area (Å²) >= 11 is 3.46. The number of ether oxygens (including phenoxy) is 1. The minimum Gasteiger partial charge on any atom is -0.380 e. The predicted octanol–water partition coefficient (Wildman–Crippen LogP) is 2.68. The molecule has 3 rings (SSSR count). The number of benzene rings is 1. The van der Waals surface area contributed by atoms with Crippen molar-refractivity contribution in [2.24, 2.45) is 0 Å². The highest BCUT2D eigenvalue weighted by atomic mass is 79.9. The van der Waals surface area contributed by atoms with Crippen molar-refractivity contribution in [3.8, 4) is 0 Å². The van der Waals surface area contributed by atoms with Crippen molar-refractivity contribution >= 4 is 37.9 Å². The second-order valence-corrected chi connectivity index (χ2v) is 5.68. The molecule has 1 unspecified atom stereocenters.